The van der Waals surface area contributed by atoms with Crippen molar-refractivity contribution in [1.82, 2.24) is 9.13 Å². The van der Waals surface area contributed by atoms with E-state index in [2.05, 4.69) is 5.32 Å². The van der Waals surface area contributed by atoms with Crippen LogP contribution in [0.4, 0.5) is 16.2 Å². The fraction of sp³-hybridized carbons (Fsp3) is 0.273. The van der Waals surface area contributed by atoms with Crippen LogP contribution in [0.1, 0.15) is 13.8 Å². The number of aromatic nitrogens is 2. The van der Waals surface area contributed by atoms with E-state index in [1.54, 1.807) is 69.4 Å². The SMILES string of the molecule is CCOC(=O)N(C)c1ccc(NC(=O)Cn2c(=O)n(CC)c(=O)c3ccccc32)cc1. The van der Waals surface area contributed by atoms with E-state index in [0.29, 0.717) is 22.3 Å². The summed E-state index contributed by atoms with van der Waals surface area (Å²) in [6.45, 7) is 3.67. The van der Waals surface area contributed by atoms with Crippen molar-refractivity contribution in [2.45, 2.75) is 26.9 Å². The minimum Gasteiger partial charge on any atom is -0.449 e. The molecule has 0 atom stereocenters. The Balaban J connectivity index is 1.82. The van der Waals surface area contributed by atoms with Crippen LogP contribution >= 0.6 is 0 Å². The number of carbonyl (C=O) groups excluding carboxylic acids is 2. The van der Waals surface area contributed by atoms with Gasteiger partial charge in [-0.1, -0.05) is 12.1 Å². The Morgan fingerprint density at radius 2 is 1.68 bits per heavy atom. The zero-order valence-electron chi connectivity index (χ0n) is 17.6. The van der Waals surface area contributed by atoms with E-state index >= 15 is 0 Å². The fourth-order valence-corrected chi connectivity index (χ4v) is 3.24. The molecule has 2 aromatic carbocycles. The summed E-state index contributed by atoms with van der Waals surface area (Å²) in [5.74, 6) is -0.417. The molecule has 0 radical (unpaired) electrons. The second-order valence-electron chi connectivity index (χ2n) is 6.79. The average molecular weight is 424 g/mol. The number of nitrogens with one attached hydrogen (secondary N) is 1. The van der Waals surface area contributed by atoms with Crippen LogP contribution in [-0.2, 0) is 22.6 Å². The third kappa shape index (κ3) is 4.50. The molecule has 2 amide bonds. The zero-order valence-corrected chi connectivity index (χ0v) is 17.6. The summed E-state index contributed by atoms with van der Waals surface area (Å²) in [6, 6.07) is 13.4. The first-order chi connectivity index (χ1) is 14.9. The van der Waals surface area contributed by atoms with Gasteiger partial charge in [0.15, 0.2) is 0 Å². The van der Waals surface area contributed by atoms with E-state index in [9.17, 15) is 19.2 Å². The summed E-state index contributed by atoms with van der Waals surface area (Å²) >= 11 is 0. The number of amides is 2. The molecule has 0 unspecified atom stereocenters. The number of benzene rings is 2. The predicted octanol–water partition coefficient (Wildman–Crippen LogP) is 2.41. The minimum atomic E-state index is -0.534. The Bertz CT molecular complexity index is 1230. The fourth-order valence-electron chi connectivity index (χ4n) is 3.24. The number of carbonyl (C=O) groups is 2. The van der Waals surface area contributed by atoms with Gasteiger partial charge in [-0.05, 0) is 50.2 Å². The zero-order chi connectivity index (χ0) is 22.5. The Morgan fingerprint density at radius 3 is 2.32 bits per heavy atom. The van der Waals surface area contributed by atoms with E-state index < -0.39 is 17.7 Å². The quantitative estimate of drug-likeness (QED) is 0.655. The molecule has 31 heavy (non-hydrogen) atoms. The van der Waals surface area contributed by atoms with Crippen LogP contribution in [-0.4, -0.2) is 34.8 Å². The number of anilines is 2. The Kier molecular flexibility index (Phi) is 6.54. The third-order valence-corrected chi connectivity index (χ3v) is 4.83. The monoisotopic (exact) mass is 424 g/mol. The van der Waals surface area contributed by atoms with Crippen molar-refractivity contribution in [3.8, 4) is 0 Å². The molecule has 0 saturated carbocycles. The molecule has 0 aliphatic rings. The summed E-state index contributed by atoms with van der Waals surface area (Å²) in [6.07, 6.45) is -0.475. The molecular weight excluding hydrogens is 400 g/mol. The van der Waals surface area contributed by atoms with Crippen LogP contribution in [0.15, 0.2) is 58.1 Å². The molecular formula is C22H24N4O5. The molecule has 9 heteroatoms. The molecule has 3 aromatic rings. The molecule has 0 fully saturated rings. The van der Waals surface area contributed by atoms with Crippen LogP contribution in [0.3, 0.4) is 0 Å². The van der Waals surface area contributed by atoms with Crippen molar-refractivity contribution in [1.29, 1.82) is 0 Å². The van der Waals surface area contributed by atoms with Crippen LogP contribution in [0.25, 0.3) is 10.9 Å². The molecule has 0 aliphatic carbocycles. The van der Waals surface area contributed by atoms with Gasteiger partial charge in [0.05, 0.1) is 17.5 Å². The van der Waals surface area contributed by atoms with Crippen LogP contribution in [0, 0.1) is 0 Å². The molecule has 0 saturated heterocycles. The van der Waals surface area contributed by atoms with E-state index in [4.69, 9.17) is 4.74 Å². The lowest BCUT2D eigenvalue weighted by Crippen LogP contribution is -2.41. The van der Waals surface area contributed by atoms with Crippen molar-refractivity contribution in [3.05, 3.63) is 69.4 Å². The summed E-state index contributed by atoms with van der Waals surface area (Å²) < 4.78 is 7.35. The van der Waals surface area contributed by atoms with Crippen LogP contribution < -0.4 is 21.5 Å². The Hall–Kier alpha value is -3.88. The van der Waals surface area contributed by atoms with E-state index in [-0.39, 0.29) is 25.3 Å². The number of hydrogen-bond donors (Lipinski definition) is 1. The molecule has 3 rings (SSSR count). The Morgan fingerprint density at radius 1 is 1.00 bits per heavy atom. The average Bonchev–Trinajstić information content (AvgIpc) is 2.77. The van der Waals surface area contributed by atoms with Crippen molar-refractivity contribution in [2.24, 2.45) is 0 Å². The maximum absolute atomic E-state index is 12.8. The van der Waals surface area contributed by atoms with Gasteiger partial charge in [-0.2, -0.15) is 0 Å². The molecule has 0 aliphatic heterocycles. The molecule has 1 aromatic heterocycles. The normalized spacial score (nSPS) is 10.7. The highest BCUT2D eigenvalue weighted by molar-refractivity contribution is 5.92. The Labute approximate surface area is 178 Å². The van der Waals surface area contributed by atoms with Crippen molar-refractivity contribution in [2.75, 3.05) is 23.9 Å². The highest BCUT2D eigenvalue weighted by Crippen LogP contribution is 2.18. The van der Waals surface area contributed by atoms with Gasteiger partial charge in [0, 0.05) is 25.0 Å². The third-order valence-electron chi connectivity index (χ3n) is 4.83. The van der Waals surface area contributed by atoms with E-state index in [1.807, 2.05) is 0 Å². The highest BCUT2D eigenvalue weighted by Gasteiger charge is 2.15. The maximum atomic E-state index is 12.8. The van der Waals surface area contributed by atoms with Gasteiger partial charge < -0.3 is 10.1 Å². The van der Waals surface area contributed by atoms with Gasteiger partial charge in [0.2, 0.25) is 5.91 Å². The van der Waals surface area contributed by atoms with Gasteiger partial charge in [-0.3, -0.25) is 23.6 Å². The summed E-state index contributed by atoms with van der Waals surface area (Å²) in [7, 11) is 1.59. The molecule has 0 bridgehead atoms. The van der Waals surface area contributed by atoms with Gasteiger partial charge in [0.25, 0.3) is 5.56 Å². The summed E-state index contributed by atoms with van der Waals surface area (Å²) in [5, 5.41) is 3.11. The number of nitrogens with zero attached hydrogens (tertiary/aromatic N) is 3. The lowest BCUT2D eigenvalue weighted by molar-refractivity contribution is -0.116. The van der Waals surface area contributed by atoms with Gasteiger partial charge in [-0.25, -0.2) is 9.59 Å². The second kappa shape index (κ2) is 9.29. The smallest absolute Gasteiger partial charge is 0.413 e. The second-order valence-corrected chi connectivity index (χ2v) is 6.79. The summed E-state index contributed by atoms with van der Waals surface area (Å²) in [5.41, 5.74) is 0.610. The molecule has 1 N–H and O–H groups in total. The summed E-state index contributed by atoms with van der Waals surface area (Å²) in [4.78, 5) is 51.0. The lowest BCUT2D eigenvalue weighted by Gasteiger charge is -2.17. The standard InChI is InChI=1S/C22H24N4O5/c1-4-25-20(28)17-8-6-7-9-18(17)26(21(25)29)14-19(27)23-15-10-12-16(13-11-15)24(3)22(30)31-5-2/h6-13H,4-5,14H2,1-3H3,(H,23,27). The number of para-hydroxylation sites is 1. The van der Waals surface area contributed by atoms with Crippen molar-refractivity contribution < 1.29 is 14.3 Å². The number of ether oxygens (including phenoxy) is 1. The highest BCUT2D eigenvalue weighted by atomic mass is 16.6. The number of fused-ring (bicyclic) bond motifs is 1. The van der Waals surface area contributed by atoms with Crippen molar-refractivity contribution in [3.63, 3.8) is 0 Å². The van der Waals surface area contributed by atoms with Gasteiger partial charge in [0.1, 0.15) is 6.54 Å². The number of rotatable bonds is 6. The molecule has 162 valence electrons. The van der Waals surface area contributed by atoms with E-state index in [0.717, 1.165) is 4.57 Å². The minimum absolute atomic E-state index is 0.208. The largest absolute Gasteiger partial charge is 0.449 e. The maximum Gasteiger partial charge on any atom is 0.413 e. The van der Waals surface area contributed by atoms with E-state index in [1.165, 1.54) is 9.47 Å². The number of hydrogen-bond acceptors (Lipinski definition) is 5. The van der Waals surface area contributed by atoms with Gasteiger partial charge in [-0.15, -0.1) is 0 Å². The lowest BCUT2D eigenvalue weighted by atomic mass is 10.2. The van der Waals surface area contributed by atoms with Crippen molar-refractivity contribution >= 4 is 34.3 Å². The first kappa shape index (κ1) is 21.8. The van der Waals surface area contributed by atoms with Crippen LogP contribution in [0.5, 0.6) is 0 Å². The molecule has 9 nitrogen and oxygen atoms in total. The molecule has 0 spiro atoms. The first-order valence-corrected chi connectivity index (χ1v) is 9.90. The predicted molar refractivity (Wildman–Crippen MR) is 119 cm³/mol. The topological polar surface area (TPSA) is 103 Å². The molecule has 1 heterocycles. The first-order valence-electron chi connectivity index (χ1n) is 9.90. The van der Waals surface area contributed by atoms with Crippen LogP contribution in [0.2, 0.25) is 0 Å². The van der Waals surface area contributed by atoms with Gasteiger partial charge >= 0.3 is 11.8 Å².